The van der Waals surface area contributed by atoms with Gasteiger partial charge >= 0.3 is 5.97 Å². The Bertz CT molecular complexity index is 355. The van der Waals surface area contributed by atoms with Crippen LogP contribution in [-0.2, 0) is 4.79 Å². The van der Waals surface area contributed by atoms with Crippen LogP contribution < -0.4 is 0 Å². The largest absolute Gasteiger partial charge is 0.505 e. The first kappa shape index (κ1) is 10.4. The number of halogens is 2. The summed E-state index contributed by atoms with van der Waals surface area (Å²) in [5.41, 5.74) is -0.422. The topological polar surface area (TPSA) is 77.8 Å². The van der Waals surface area contributed by atoms with Gasteiger partial charge < -0.3 is 15.3 Å². The number of hydrogen-bond donors (Lipinski definition) is 3. The predicted molar refractivity (Wildman–Crippen MR) is 40.6 cm³/mol. The van der Waals surface area contributed by atoms with E-state index in [0.717, 1.165) is 0 Å². The van der Waals surface area contributed by atoms with Crippen molar-refractivity contribution in [2.75, 3.05) is 0 Å². The molecule has 0 saturated heterocycles. The maximum Gasteiger partial charge on any atom is 0.337 e. The van der Waals surface area contributed by atoms with Crippen molar-refractivity contribution in [1.82, 2.24) is 0 Å². The summed E-state index contributed by atoms with van der Waals surface area (Å²) in [7, 11) is 0. The number of aliphatic carboxylic acids is 1. The van der Waals surface area contributed by atoms with Crippen molar-refractivity contribution in [2.24, 2.45) is 0 Å². The van der Waals surface area contributed by atoms with Gasteiger partial charge in [0.1, 0.15) is 0 Å². The van der Waals surface area contributed by atoms with Crippen LogP contribution in [0.4, 0.5) is 8.78 Å². The Hall–Kier alpha value is -1.69. The number of hydrogen-bond acceptors (Lipinski definition) is 3. The quantitative estimate of drug-likeness (QED) is 0.665. The molecule has 0 spiro atoms. The molecule has 0 aliphatic rings. The second kappa shape index (κ2) is 3.59. The van der Waals surface area contributed by atoms with Crippen LogP contribution in [0.1, 0.15) is 11.7 Å². The standard InChI is InChI=1S/C8H6F2O4/c9-4-1-3(7(12)8(13)14)2-5(11)6(4)10/h1-2,7,11-12H,(H,13,14). The van der Waals surface area contributed by atoms with Crippen LogP contribution in [0.3, 0.4) is 0 Å². The number of aliphatic hydroxyl groups excluding tert-OH is 1. The van der Waals surface area contributed by atoms with E-state index in [0.29, 0.717) is 12.1 Å². The zero-order valence-corrected chi connectivity index (χ0v) is 6.74. The summed E-state index contributed by atoms with van der Waals surface area (Å²) in [6.45, 7) is 0. The van der Waals surface area contributed by atoms with Crippen molar-refractivity contribution in [3.63, 3.8) is 0 Å². The Morgan fingerprint density at radius 1 is 1.36 bits per heavy atom. The van der Waals surface area contributed by atoms with Gasteiger partial charge in [-0.2, -0.15) is 4.39 Å². The molecule has 0 bridgehead atoms. The number of phenols is 1. The summed E-state index contributed by atoms with van der Waals surface area (Å²) in [4.78, 5) is 10.3. The molecule has 1 unspecified atom stereocenters. The second-order valence-electron chi connectivity index (χ2n) is 2.58. The molecule has 1 aromatic rings. The Morgan fingerprint density at radius 3 is 2.36 bits per heavy atom. The highest BCUT2D eigenvalue weighted by molar-refractivity contribution is 5.74. The second-order valence-corrected chi connectivity index (χ2v) is 2.58. The van der Waals surface area contributed by atoms with Gasteiger partial charge in [-0.25, -0.2) is 9.18 Å². The summed E-state index contributed by atoms with van der Waals surface area (Å²) in [5, 5.41) is 26.1. The van der Waals surface area contributed by atoms with E-state index in [4.69, 9.17) is 15.3 Å². The molecular weight excluding hydrogens is 198 g/mol. The van der Waals surface area contributed by atoms with Crippen LogP contribution in [-0.4, -0.2) is 21.3 Å². The van der Waals surface area contributed by atoms with Gasteiger partial charge in [-0.1, -0.05) is 0 Å². The van der Waals surface area contributed by atoms with Gasteiger partial charge in [0.2, 0.25) is 0 Å². The molecule has 0 aromatic heterocycles. The number of benzene rings is 1. The minimum absolute atomic E-state index is 0.422. The first-order valence-electron chi connectivity index (χ1n) is 3.52. The molecule has 6 heteroatoms. The first-order chi connectivity index (χ1) is 6.43. The maximum absolute atomic E-state index is 12.6. The average molecular weight is 204 g/mol. The lowest BCUT2D eigenvalue weighted by Crippen LogP contribution is -2.10. The zero-order chi connectivity index (χ0) is 10.9. The Balaban J connectivity index is 3.19. The van der Waals surface area contributed by atoms with E-state index in [1.165, 1.54) is 0 Å². The molecule has 1 aromatic carbocycles. The minimum atomic E-state index is -1.99. The van der Waals surface area contributed by atoms with Crippen molar-refractivity contribution in [3.05, 3.63) is 29.3 Å². The Morgan fingerprint density at radius 2 is 1.93 bits per heavy atom. The van der Waals surface area contributed by atoms with E-state index >= 15 is 0 Å². The zero-order valence-electron chi connectivity index (χ0n) is 6.74. The van der Waals surface area contributed by atoms with E-state index in [1.54, 1.807) is 0 Å². The SMILES string of the molecule is O=C(O)C(O)c1cc(O)c(F)c(F)c1. The van der Waals surface area contributed by atoms with Crippen molar-refractivity contribution >= 4 is 5.97 Å². The lowest BCUT2D eigenvalue weighted by Gasteiger charge is -2.06. The van der Waals surface area contributed by atoms with Gasteiger partial charge in [0.25, 0.3) is 0 Å². The highest BCUT2D eigenvalue weighted by Gasteiger charge is 2.19. The summed E-state index contributed by atoms with van der Waals surface area (Å²) >= 11 is 0. The number of aliphatic hydroxyl groups is 1. The van der Waals surface area contributed by atoms with E-state index in [-0.39, 0.29) is 0 Å². The van der Waals surface area contributed by atoms with E-state index in [9.17, 15) is 13.6 Å². The molecule has 1 atom stereocenters. The number of phenolic OH excluding ortho intramolecular Hbond substituents is 1. The molecule has 0 aliphatic carbocycles. The third-order valence-corrected chi connectivity index (χ3v) is 1.58. The third kappa shape index (κ3) is 1.80. The fourth-order valence-electron chi connectivity index (χ4n) is 0.895. The molecule has 76 valence electrons. The summed E-state index contributed by atoms with van der Waals surface area (Å²) in [6.07, 6.45) is -1.99. The number of aromatic hydroxyl groups is 1. The van der Waals surface area contributed by atoms with Crippen LogP contribution in [0, 0.1) is 11.6 Å². The van der Waals surface area contributed by atoms with Gasteiger partial charge in [-0.05, 0) is 17.7 Å². The van der Waals surface area contributed by atoms with Crippen LogP contribution in [0.15, 0.2) is 12.1 Å². The average Bonchev–Trinajstić information content (AvgIpc) is 2.12. The number of carbonyl (C=O) groups is 1. The highest BCUT2D eigenvalue weighted by Crippen LogP contribution is 2.24. The van der Waals surface area contributed by atoms with E-state index in [1.807, 2.05) is 0 Å². The lowest BCUT2D eigenvalue weighted by atomic mass is 10.1. The van der Waals surface area contributed by atoms with Crippen LogP contribution >= 0.6 is 0 Å². The molecule has 0 radical (unpaired) electrons. The molecule has 0 amide bonds. The summed E-state index contributed by atoms with van der Waals surface area (Å²) in [5.74, 6) is -5.55. The molecule has 4 nitrogen and oxygen atoms in total. The molecule has 0 heterocycles. The van der Waals surface area contributed by atoms with Crippen molar-refractivity contribution in [3.8, 4) is 5.75 Å². The number of carboxylic acids is 1. The van der Waals surface area contributed by atoms with E-state index < -0.39 is 35.0 Å². The molecule has 0 aliphatic heterocycles. The Labute approximate surface area is 77.0 Å². The van der Waals surface area contributed by atoms with Gasteiger partial charge in [-0.15, -0.1) is 0 Å². The monoisotopic (exact) mass is 204 g/mol. The van der Waals surface area contributed by atoms with Crippen LogP contribution in [0.5, 0.6) is 5.75 Å². The minimum Gasteiger partial charge on any atom is -0.505 e. The molecule has 1 rings (SSSR count). The fourth-order valence-corrected chi connectivity index (χ4v) is 0.895. The highest BCUT2D eigenvalue weighted by atomic mass is 19.2. The third-order valence-electron chi connectivity index (χ3n) is 1.58. The molecule has 3 N–H and O–H groups in total. The smallest absolute Gasteiger partial charge is 0.337 e. The number of rotatable bonds is 2. The predicted octanol–water partition coefficient (Wildman–Crippen LogP) is 0.788. The molecule has 14 heavy (non-hydrogen) atoms. The molecule has 0 saturated carbocycles. The van der Waals surface area contributed by atoms with Gasteiger partial charge in [0.05, 0.1) is 0 Å². The molecular formula is C8H6F2O4. The van der Waals surface area contributed by atoms with Crippen molar-refractivity contribution in [1.29, 1.82) is 0 Å². The Kier molecular flexibility index (Phi) is 2.66. The van der Waals surface area contributed by atoms with Crippen molar-refractivity contribution in [2.45, 2.75) is 6.10 Å². The molecule has 0 fully saturated rings. The van der Waals surface area contributed by atoms with Crippen LogP contribution in [0.25, 0.3) is 0 Å². The fraction of sp³-hybridized carbons (Fsp3) is 0.125. The first-order valence-corrected chi connectivity index (χ1v) is 3.52. The van der Waals surface area contributed by atoms with Crippen LogP contribution in [0.2, 0.25) is 0 Å². The van der Waals surface area contributed by atoms with E-state index in [2.05, 4.69) is 0 Å². The summed E-state index contributed by atoms with van der Waals surface area (Å²) in [6, 6.07) is 1.16. The maximum atomic E-state index is 12.6. The van der Waals surface area contributed by atoms with Gasteiger partial charge in [0.15, 0.2) is 23.5 Å². The van der Waals surface area contributed by atoms with Gasteiger partial charge in [0, 0.05) is 0 Å². The normalized spacial score (nSPS) is 12.5. The summed E-state index contributed by atoms with van der Waals surface area (Å²) < 4.78 is 25.1. The number of carboxylic acid groups (broad SMARTS) is 1. The van der Waals surface area contributed by atoms with Crippen molar-refractivity contribution < 1.29 is 28.9 Å². The lowest BCUT2D eigenvalue weighted by molar-refractivity contribution is -0.146. The van der Waals surface area contributed by atoms with Gasteiger partial charge in [-0.3, -0.25) is 0 Å².